The predicted molar refractivity (Wildman–Crippen MR) is 144 cm³/mol. The number of rotatable bonds is 12. The topological polar surface area (TPSA) is 61.4 Å². The highest BCUT2D eigenvalue weighted by Gasteiger charge is 2.13. The van der Waals surface area contributed by atoms with Gasteiger partial charge in [0.1, 0.15) is 12.4 Å². The zero-order valence-corrected chi connectivity index (χ0v) is 22.9. The van der Waals surface area contributed by atoms with Gasteiger partial charge in [-0.15, -0.1) is 24.0 Å². The first-order valence-electron chi connectivity index (χ1n) is 11.8. The Morgan fingerprint density at radius 1 is 1.16 bits per heavy atom. The molecule has 0 radical (unpaired) electrons. The fraction of sp³-hybridized carbons (Fsp3) is 0.708. The molecular weight excluding hydrogens is 517 g/mol. The Bertz CT molecular complexity index is 643. The number of aliphatic imine (C=N–C) groups is 1. The number of hydrogen-bond acceptors (Lipinski definition) is 5. The highest BCUT2D eigenvalue weighted by atomic mass is 127. The fourth-order valence-electron chi connectivity index (χ4n) is 3.78. The van der Waals surface area contributed by atoms with Crippen LogP contribution in [0, 0.1) is 0 Å². The van der Waals surface area contributed by atoms with Crippen LogP contribution in [0.5, 0.6) is 5.75 Å². The van der Waals surface area contributed by atoms with E-state index in [1.165, 1.54) is 0 Å². The van der Waals surface area contributed by atoms with Crippen LogP contribution < -0.4 is 15.4 Å². The van der Waals surface area contributed by atoms with E-state index < -0.39 is 0 Å². The van der Waals surface area contributed by atoms with Crippen molar-refractivity contribution in [1.29, 1.82) is 0 Å². The molecule has 0 atom stereocenters. The first kappa shape index (κ1) is 28.9. The maximum Gasteiger partial charge on any atom is 0.191 e. The van der Waals surface area contributed by atoms with Crippen LogP contribution in [-0.4, -0.2) is 86.9 Å². The summed E-state index contributed by atoms with van der Waals surface area (Å²) in [5, 5.41) is 6.81. The monoisotopic (exact) mass is 561 g/mol. The molecule has 0 amide bonds. The summed E-state index contributed by atoms with van der Waals surface area (Å²) in [5.74, 6) is 1.76. The summed E-state index contributed by atoms with van der Waals surface area (Å²) in [6.45, 7) is 19.6. The number of ether oxygens (including phenoxy) is 2. The van der Waals surface area contributed by atoms with Crippen LogP contribution in [0.1, 0.15) is 40.2 Å². The standard InChI is InChI=1S/C24H43N5O2.HI/c1-6-25-24(26-10-11-29(20(2)3)21(4)5)27-19-22-8-7-9-23(18-22)31-17-14-28-12-15-30-16-13-28;/h7-9,18,20-21H,6,10-17,19H2,1-5H3,(H2,25,26,27);1H. The van der Waals surface area contributed by atoms with Gasteiger partial charge < -0.3 is 20.1 Å². The summed E-state index contributed by atoms with van der Waals surface area (Å²) in [6, 6.07) is 9.31. The lowest BCUT2D eigenvalue weighted by molar-refractivity contribution is 0.0322. The molecule has 7 nitrogen and oxygen atoms in total. The van der Waals surface area contributed by atoms with Gasteiger partial charge in [0.25, 0.3) is 0 Å². The minimum atomic E-state index is 0. The van der Waals surface area contributed by atoms with Gasteiger partial charge in [0.2, 0.25) is 0 Å². The van der Waals surface area contributed by atoms with E-state index in [0.29, 0.717) is 25.2 Å². The van der Waals surface area contributed by atoms with Crippen molar-refractivity contribution < 1.29 is 9.47 Å². The third-order valence-electron chi connectivity index (χ3n) is 5.43. The summed E-state index contributed by atoms with van der Waals surface area (Å²) in [4.78, 5) is 9.62. The zero-order valence-electron chi connectivity index (χ0n) is 20.6. The third-order valence-corrected chi connectivity index (χ3v) is 5.43. The number of nitrogens with zero attached hydrogens (tertiary/aromatic N) is 3. The van der Waals surface area contributed by atoms with E-state index in [0.717, 1.165) is 69.8 Å². The molecule has 1 aliphatic rings. The average molecular weight is 562 g/mol. The summed E-state index contributed by atoms with van der Waals surface area (Å²) in [7, 11) is 0. The van der Waals surface area contributed by atoms with Crippen molar-refractivity contribution in [2.45, 2.75) is 53.2 Å². The van der Waals surface area contributed by atoms with Gasteiger partial charge in [-0.05, 0) is 52.3 Å². The van der Waals surface area contributed by atoms with E-state index in [-0.39, 0.29) is 24.0 Å². The predicted octanol–water partition coefficient (Wildman–Crippen LogP) is 3.19. The summed E-state index contributed by atoms with van der Waals surface area (Å²) in [5.41, 5.74) is 1.15. The molecule has 1 heterocycles. The Labute approximate surface area is 212 Å². The molecular formula is C24H44IN5O2. The second kappa shape index (κ2) is 16.5. The van der Waals surface area contributed by atoms with Gasteiger partial charge in [-0.25, -0.2) is 4.99 Å². The molecule has 32 heavy (non-hydrogen) atoms. The summed E-state index contributed by atoms with van der Waals surface area (Å²) < 4.78 is 11.4. The molecule has 0 saturated carbocycles. The molecule has 0 unspecified atom stereocenters. The van der Waals surface area contributed by atoms with Gasteiger partial charge >= 0.3 is 0 Å². The lowest BCUT2D eigenvalue weighted by atomic mass is 10.2. The van der Waals surface area contributed by atoms with Crippen LogP contribution in [0.4, 0.5) is 0 Å². The van der Waals surface area contributed by atoms with E-state index in [1.807, 2.05) is 12.1 Å². The Balaban J connectivity index is 0.00000512. The second-order valence-electron chi connectivity index (χ2n) is 8.50. The molecule has 1 aromatic rings. The van der Waals surface area contributed by atoms with E-state index in [9.17, 15) is 0 Å². The molecule has 0 aromatic heterocycles. The maximum absolute atomic E-state index is 5.97. The number of guanidine groups is 1. The van der Waals surface area contributed by atoms with Crippen LogP contribution in [0.15, 0.2) is 29.3 Å². The van der Waals surface area contributed by atoms with Crippen molar-refractivity contribution in [3.63, 3.8) is 0 Å². The molecule has 2 rings (SSSR count). The van der Waals surface area contributed by atoms with Crippen LogP contribution in [0.3, 0.4) is 0 Å². The number of halogens is 1. The first-order valence-corrected chi connectivity index (χ1v) is 11.8. The third kappa shape index (κ3) is 11.2. The molecule has 0 spiro atoms. The fourth-order valence-corrected chi connectivity index (χ4v) is 3.78. The molecule has 1 aromatic carbocycles. The molecule has 2 N–H and O–H groups in total. The SMILES string of the molecule is CCNC(=NCc1cccc(OCCN2CCOCC2)c1)NCCN(C(C)C)C(C)C.I. The van der Waals surface area contributed by atoms with Gasteiger partial charge in [-0.3, -0.25) is 9.80 Å². The van der Waals surface area contributed by atoms with Gasteiger partial charge in [-0.2, -0.15) is 0 Å². The van der Waals surface area contributed by atoms with Crippen molar-refractivity contribution in [2.24, 2.45) is 4.99 Å². The van der Waals surface area contributed by atoms with Crippen LogP contribution in [0.25, 0.3) is 0 Å². The van der Waals surface area contributed by atoms with Gasteiger partial charge in [0.15, 0.2) is 5.96 Å². The Morgan fingerprint density at radius 3 is 2.53 bits per heavy atom. The lowest BCUT2D eigenvalue weighted by Gasteiger charge is -2.30. The number of hydrogen-bond donors (Lipinski definition) is 2. The highest BCUT2D eigenvalue weighted by Crippen LogP contribution is 2.14. The normalized spacial score (nSPS) is 15.2. The molecule has 1 saturated heterocycles. The van der Waals surface area contributed by atoms with Crippen LogP contribution in [0.2, 0.25) is 0 Å². The Kier molecular flexibility index (Phi) is 14.9. The minimum absolute atomic E-state index is 0. The Morgan fingerprint density at radius 2 is 1.88 bits per heavy atom. The number of morpholine rings is 1. The average Bonchev–Trinajstić information content (AvgIpc) is 2.75. The van der Waals surface area contributed by atoms with Gasteiger partial charge in [0, 0.05) is 51.4 Å². The maximum atomic E-state index is 5.97. The van der Waals surface area contributed by atoms with Crippen molar-refractivity contribution in [3.8, 4) is 5.75 Å². The van der Waals surface area contributed by atoms with Gasteiger partial charge in [0.05, 0.1) is 19.8 Å². The van der Waals surface area contributed by atoms with Crippen LogP contribution >= 0.6 is 24.0 Å². The Hall–Kier alpha value is -1.10. The highest BCUT2D eigenvalue weighted by molar-refractivity contribution is 14.0. The van der Waals surface area contributed by atoms with E-state index in [1.54, 1.807) is 0 Å². The van der Waals surface area contributed by atoms with E-state index in [2.05, 4.69) is 67.2 Å². The summed E-state index contributed by atoms with van der Waals surface area (Å²) >= 11 is 0. The van der Waals surface area contributed by atoms with E-state index in [4.69, 9.17) is 14.5 Å². The molecule has 0 aliphatic carbocycles. The van der Waals surface area contributed by atoms with Crippen molar-refractivity contribution in [1.82, 2.24) is 20.4 Å². The van der Waals surface area contributed by atoms with Crippen molar-refractivity contribution in [2.75, 3.05) is 59.1 Å². The molecule has 1 fully saturated rings. The minimum Gasteiger partial charge on any atom is -0.492 e. The summed E-state index contributed by atoms with van der Waals surface area (Å²) in [6.07, 6.45) is 0. The molecule has 184 valence electrons. The number of nitrogens with one attached hydrogen (secondary N) is 2. The number of benzene rings is 1. The zero-order chi connectivity index (χ0) is 22.5. The van der Waals surface area contributed by atoms with Crippen LogP contribution in [-0.2, 0) is 11.3 Å². The molecule has 0 bridgehead atoms. The lowest BCUT2D eigenvalue weighted by Crippen LogP contribution is -2.45. The van der Waals surface area contributed by atoms with E-state index >= 15 is 0 Å². The van der Waals surface area contributed by atoms with Crippen molar-refractivity contribution in [3.05, 3.63) is 29.8 Å². The second-order valence-corrected chi connectivity index (χ2v) is 8.50. The smallest absolute Gasteiger partial charge is 0.191 e. The van der Waals surface area contributed by atoms with Crippen molar-refractivity contribution >= 4 is 29.9 Å². The van der Waals surface area contributed by atoms with Gasteiger partial charge in [-0.1, -0.05) is 12.1 Å². The molecule has 8 heteroatoms. The molecule has 1 aliphatic heterocycles. The first-order chi connectivity index (χ1) is 15.0. The largest absolute Gasteiger partial charge is 0.492 e. The quantitative estimate of drug-likeness (QED) is 0.232.